The summed E-state index contributed by atoms with van der Waals surface area (Å²) in [6.07, 6.45) is 6.43. The van der Waals surface area contributed by atoms with Gasteiger partial charge < -0.3 is 5.11 Å². The number of rotatable bonds is 2. The van der Waals surface area contributed by atoms with E-state index in [2.05, 4.69) is 6.92 Å². The molecule has 1 aliphatic carbocycles. The van der Waals surface area contributed by atoms with Crippen LogP contribution in [-0.4, -0.2) is 10.7 Å². The lowest BCUT2D eigenvalue weighted by Gasteiger charge is -2.36. The monoisotopic (exact) mass is 170 g/mol. The van der Waals surface area contributed by atoms with E-state index in [0.717, 1.165) is 5.92 Å². The van der Waals surface area contributed by atoms with Gasteiger partial charge in [-0.15, -0.1) is 0 Å². The highest BCUT2D eigenvalue weighted by atomic mass is 16.3. The molecule has 0 aromatic rings. The average molecular weight is 170 g/mol. The van der Waals surface area contributed by atoms with E-state index >= 15 is 0 Å². The Morgan fingerprint density at radius 1 is 1.33 bits per heavy atom. The maximum absolute atomic E-state index is 9.86. The van der Waals surface area contributed by atoms with Gasteiger partial charge in [-0.2, -0.15) is 0 Å². The molecular formula is C11H22O. The summed E-state index contributed by atoms with van der Waals surface area (Å²) in [6.45, 7) is 6.17. The van der Waals surface area contributed by atoms with Crippen LogP contribution in [0.4, 0.5) is 0 Å². The zero-order valence-electron chi connectivity index (χ0n) is 8.64. The Morgan fingerprint density at radius 3 is 2.50 bits per heavy atom. The predicted molar refractivity (Wildman–Crippen MR) is 52.0 cm³/mol. The first kappa shape index (κ1) is 10.0. The number of hydrogen-bond donors (Lipinski definition) is 1. The topological polar surface area (TPSA) is 20.2 Å². The highest BCUT2D eigenvalue weighted by molar-refractivity contribution is 4.82. The molecule has 0 saturated heterocycles. The summed E-state index contributed by atoms with van der Waals surface area (Å²) in [7, 11) is 0. The van der Waals surface area contributed by atoms with E-state index in [9.17, 15) is 5.11 Å². The average Bonchev–Trinajstić information content (AvgIpc) is 2.03. The molecule has 0 heterocycles. The second kappa shape index (κ2) is 3.78. The third-order valence-corrected chi connectivity index (χ3v) is 3.36. The maximum atomic E-state index is 9.86. The molecule has 1 N–H and O–H groups in total. The summed E-state index contributed by atoms with van der Waals surface area (Å²) in [6, 6.07) is 0. The van der Waals surface area contributed by atoms with Crippen LogP contribution in [0.2, 0.25) is 0 Å². The summed E-state index contributed by atoms with van der Waals surface area (Å²) in [5.74, 6) is 1.41. The zero-order chi connectivity index (χ0) is 9.19. The second-order valence-electron chi connectivity index (χ2n) is 4.79. The van der Waals surface area contributed by atoms with Crippen LogP contribution in [0.15, 0.2) is 0 Å². The van der Waals surface area contributed by atoms with Crippen LogP contribution in [0.5, 0.6) is 0 Å². The Labute approximate surface area is 76.2 Å². The fourth-order valence-electron chi connectivity index (χ4n) is 2.30. The van der Waals surface area contributed by atoms with E-state index < -0.39 is 5.60 Å². The Hall–Kier alpha value is -0.0400. The largest absolute Gasteiger partial charge is 0.390 e. The van der Waals surface area contributed by atoms with Crippen molar-refractivity contribution in [1.29, 1.82) is 0 Å². The Morgan fingerprint density at radius 2 is 2.00 bits per heavy atom. The fraction of sp³-hybridized carbons (Fsp3) is 1.00. The Bertz CT molecular complexity index is 134. The summed E-state index contributed by atoms with van der Waals surface area (Å²) in [4.78, 5) is 0. The molecule has 0 aromatic heterocycles. The molecule has 1 saturated carbocycles. The van der Waals surface area contributed by atoms with Gasteiger partial charge in [0.05, 0.1) is 5.60 Å². The zero-order valence-corrected chi connectivity index (χ0v) is 8.64. The van der Waals surface area contributed by atoms with Crippen molar-refractivity contribution in [3.63, 3.8) is 0 Å². The van der Waals surface area contributed by atoms with E-state index in [1.807, 2.05) is 13.8 Å². The molecule has 1 aliphatic rings. The minimum Gasteiger partial charge on any atom is -0.390 e. The van der Waals surface area contributed by atoms with Crippen LogP contribution in [0.3, 0.4) is 0 Å². The summed E-state index contributed by atoms with van der Waals surface area (Å²) in [5.41, 5.74) is -0.451. The second-order valence-corrected chi connectivity index (χ2v) is 4.79. The van der Waals surface area contributed by atoms with Crippen molar-refractivity contribution in [2.75, 3.05) is 0 Å². The summed E-state index contributed by atoms with van der Waals surface area (Å²) >= 11 is 0. The van der Waals surface area contributed by atoms with Crippen LogP contribution in [0.1, 0.15) is 52.9 Å². The lowest BCUT2D eigenvalue weighted by atomic mass is 9.73. The van der Waals surface area contributed by atoms with E-state index in [-0.39, 0.29) is 0 Å². The van der Waals surface area contributed by atoms with Gasteiger partial charge in [-0.25, -0.2) is 0 Å². The van der Waals surface area contributed by atoms with Gasteiger partial charge in [-0.1, -0.05) is 26.2 Å². The number of aliphatic hydroxyl groups is 1. The van der Waals surface area contributed by atoms with Crippen molar-refractivity contribution >= 4 is 0 Å². The lowest BCUT2D eigenvalue weighted by molar-refractivity contribution is -0.00983. The quantitative estimate of drug-likeness (QED) is 0.675. The van der Waals surface area contributed by atoms with Gasteiger partial charge in [0, 0.05) is 0 Å². The molecule has 0 spiro atoms. The molecule has 1 rings (SSSR count). The Kier molecular flexibility index (Phi) is 3.16. The van der Waals surface area contributed by atoms with Crippen LogP contribution in [-0.2, 0) is 0 Å². The van der Waals surface area contributed by atoms with Gasteiger partial charge in [0.2, 0.25) is 0 Å². The third-order valence-electron chi connectivity index (χ3n) is 3.36. The molecule has 0 radical (unpaired) electrons. The molecule has 1 heteroatoms. The molecule has 0 amide bonds. The van der Waals surface area contributed by atoms with Crippen LogP contribution in [0.25, 0.3) is 0 Å². The summed E-state index contributed by atoms with van der Waals surface area (Å²) in [5, 5.41) is 9.86. The molecule has 0 bridgehead atoms. The van der Waals surface area contributed by atoms with Crippen molar-refractivity contribution in [2.45, 2.75) is 58.5 Å². The molecule has 0 aliphatic heterocycles. The Balaban J connectivity index is 2.46. The third kappa shape index (κ3) is 2.48. The van der Waals surface area contributed by atoms with E-state index in [0.29, 0.717) is 5.92 Å². The molecule has 12 heavy (non-hydrogen) atoms. The van der Waals surface area contributed by atoms with Crippen molar-refractivity contribution in [1.82, 2.24) is 0 Å². The van der Waals surface area contributed by atoms with Gasteiger partial charge >= 0.3 is 0 Å². The van der Waals surface area contributed by atoms with Gasteiger partial charge in [0.15, 0.2) is 0 Å². The van der Waals surface area contributed by atoms with Crippen LogP contribution in [0, 0.1) is 11.8 Å². The van der Waals surface area contributed by atoms with E-state index in [1.54, 1.807) is 0 Å². The van der Waals surface area contributed by atoms with Crippen LogP contribution >= 0.6 is 0 Å². The van der Waals surface area contributed by atoms with Crippen molar-refractivity contribution in [2.24, 2.45) is 11.8 Å². The molecule has 1 fully saturated rings. The van der Waals surface area contributed by atoms with Gasteiger partial charge in [-0.05, 0) is 38.5 Å². The maximum Gasteiger partial charge on any atom is 0.0619 e. The standard InChI is InChI=1S/C11H22O/c1-4-9-6-5-7-10(8-9)11(2,3)12/h9-10,12H,4-8H2,1-3H3. The smallest absolute Gasteiger partial charge is 0.0619 e. The minimum atomic E-state index is -0.451. The van der Waals surface area contributed by atoms with Crippen molar-refractivity contribution in [3.8, 4) is 0 Å². The molecule has 0 aromatic carbocycles. The lowest BCUT2D eigenvalue weighted by Crippen LogP contribution is -2.34. The molecular weight excluding hydrogens is 148 g/mol. The van der Waals surface area contributed by atoms with E-state index in [4.69, 9.17) is 0 Å². The molecule has 1 nitrogen and oxygen atoms in total. The van der Waals surface area contributed by atoms with E-state index in [1.165, 1.54) is 32.1 Å². The first-order valence-electron chi connectivity index (χ1n) is 5.26. The highest BCUT2D eigenvalue weighted by Gasteiger charge is 2.31. The first-order valence-corrected chi connectivity index (χ1v) is 5.26. The fourth-order valence-corrected chi connectivity index (χ4v) is 2.30. The van der Waals surface area contributed by atoms with Crippen molar-refractivity contribution < 1.29 is 5.11 Å². The molecule has 2 unspecified atom stereocenters. The van der Waals surface area contributed by atoms with Crippen molar-refractivity contribution in [3.05, 3.63) is 0 Å². The predicted octanol–water partition coefficient (Wildman–Crippen LogP) is 2.97. The SMILES string of the molecule is CCC1CCCC(C(C)(C)O)C1. The number of hydrogen-bond acceptors (Lipinski definition) is 1. The molecule has 2 atom stereocenters. The minimum absolute atomic E-state index is 0.451. The normalized spacial score (nSPS) is 32.0. The van der Waals surface area contributed by atoms with Gasteiger partial charge in [0.1, 0.15) is 0 Å². The highest BCUT2D eigenvalue weighted by Crippen LogP contribution is 2.36. The van der Waals surface area contributed by atoms with Gasteiger partial charge in [-0.3, -0.25) is 0 Å². The summed E-state index contributed by atoms with van der Waals surface area (Å²) < 4.78 is 0. The van der Waals surface area contributed by atoms with Crippen LogP contribution < -0.4 is 0 Å². The molecule has 72 valence electrons. The first-order chi connectivity index (χ1) is 5.54. The van der Waals surface area contributed by atoms with Gasteiger partial charge in [0.25, 0.3) is 0 Å².